The largest absolute Gasteiger partial charge is 0.339 e. The van der Waals surface area contributed by atoms with E-state index in [-0.39, 0.29) is 30.3 Å². The van der Waals surface area contributed by atoms with Gasteiger partial charge in [0.15, 0.2) is 0 Å². The fraction of sp³-hybridized carbons (Fsp3) is 0.562. The standard InChI is InChI=1S/C16H24N4O.ClH/c1-11-7-12(8-17)10-20(11)16(21)14-9-18-19-15(14)13-5-3-2-4-6-13;/h2-6,11-12,14-15,18-19H,7-10,17H2,1H3;1H. The summed E-state index contributed by atoms with van der Waals surface area (Å²) in [6.45, 7) is 4.27. The van der Waals surface area contributed by atoms with Gasteiger partial charge in [-0.3, -0.25) is 10.2 Å². The Labute approximate surface area is 138 Å². The highest BCUT2D eigenvalue weighted by molar-refractivity contribution is 5.85. The first-order chi connectivity index (χ1) is 10.2. The number of likely N-dealkylation sites (tertiary alicyclic amines) is 1. The zero-order valence-corrected chi connectivity index (χ0v) is 13.7. The van der Waals surface area contributed by atoms with E-state index in [1.807, 2.05) is 23.1 Å². The van der Waals surface area contributed by atoms with Gasteiger partial charge in [-0.1, -0.05) is 30.3 Å². The molecule has 122 valence electrons. The summed E-state index contributed by atoms with van der Waals surface area (Å²) >= 11 is 0. The van der Waals surface area contributed by atoms with Crippen LogP contribution in [-0.4, -0.2) is 36.5 Å². The molecule has 0 radical (unpaired) electrons. The van der Waals surface area contributed by atoms with Crippen molar-refractivity contribution < 1.29 is 4.79 Å². The van der Waals surface area contributed by atoms with Crippen LogP contribution < -0.4 is 16.6 Å². The second-order valence-corrected chi connectivity index (χ2v) is 6.20. The molecule has 1 aromatic rings. The maximum atomic E-state index is 12.9. The van der Waals surface area contributed by atoms with Crippen molar-refractivity contribution in [3.05, 3.63) is 35.9 Å². The van der Waals surface area contributed by atoms with Crippen molar-refractivity contribution in [2.24, 2.45) is 17.6 Å². The van der Waals surface area contributed by atoms with E-state index < -0.39 is 0 Å². The maximum absolute atomic E-state index is 12.9. The normalized spacial score (nSPS) is 31.1. The average Bonchev–Trinajstić information content (AvgIpc) is 3.14. The molecule has 0 aliphatic carbocycles. The molecule has 0 saturated carbocycles. The summed E-state index contributed by atoms with van der Waals surface area (Å²) in [5, 5.41) is 0. The van der Waals surface area contributed by atoms with E-state index in [0.717, 1.165) is 18.5 Å². The number of nitrogens with two attached hydrogens (primary N) is 1. The lowest BCUT2D eigenvalue weighted by molar-refractivity contribution is -0.136. The van der Waals surface area contributed by atoms with Crippen molar-refractivity contribution in [1.82, 2.24) is 15.8 Å². The van der Waals surface area contributed by atoms with Gasteiger partial charge in [-0.2, -0.15) is 0 Å². The molecule has 4 atom stereocenters. The van der Waals surface area contributed by atoms with Gasteiger partial charge >= 0.3 is 0 Å². The van der Waals surface area contributed by atoms with Gasteiger partial charge in [0, 0.05) is 19.1 Å². The third-order valence-corrected chi connectivity index (χ3v) is 4.74. The van der Waals surface area contributed by atoms with Crippen molar-refractivity contribution in [3.8, 4) is 0 Å². The molecule has 22 heavy (non-hydrogen) atoms. The molecule has 1 amide bonds. The molecule has 1 aromatic carbocycles. The molecule has 6 heteroatoms. The minimum absolute atomic E-state index is 0. The Morgan fingerprint density at radius 3 is 2.73 bits per heavy atom. The third-order valence-electron chi connectivity index (χ3n) is 4.74. The predicted octanol–water partition coefficient (Wildman–Crippen LogP) is 1.07. The third kappa shape index (κ3) is 3.27. The Bertz CT molecular complexity index is 498. The minimum Gasteiger partial charge on any atom is -0.339 e. The van der Waals surface area contributed by atoms with Crippen LogP contribution in [0.5, 0.6) is 0 Å². The maximum Gasteiger partial charge on any atom is 0.229 e. The number of hydrazine groups is 1. The van der Waals surface area contributed by atoms with Crippen LogP contribution >= 0.6 is 12.4 Å². The number of amides is 1. The van der Waals surface area contributed by atoms with Gasteiger partial charge in [0.05, 0.1) is 12.0 Å². The molecule has 4 unspecified atom stereocenters. The topological polar surface area (TPSA) is 70.4 Å². The van der Waals surface area contributed by atoms with Crippen molar-refractivity contribution in [2.45, 2.75) is 25.4 Å². The van der Waals surface area contributed by atoms with Crippen LogP contribution in [0.4, 0.5) is 0 Å². The lowest BCUT2D eigenvalue weighted by Gasteiger charge is -2.27. The number of carbonyl (C=O) groups is 1. The molecule has 0 bridgehead atoms. The molecule has 5 nitrogen and oxygen atoms in total. The number of benzene rings is 1. The lowest BCUT2D eigenvalue weighted by atomic mass is 9.93. The Hall–Kier alpha value is -1.14. The predicted molar refractivity (Wildman–Crippen MR) is 89.4 cm³/mol. The van der Waals surface area contributed by atoms with E-state index in [0.29, 0.717) is 25.0 Å². The highest BCUT2D eigenvalue weighted by atomic mass is 35.5. The van der Waals surface area contributed by atoms with E-state index in [1.165, 1.54) is 0 Å². The number of hydrogen-bond acceptors (Lipinski definition) is 4. The molecule has 2 saturated heterocycles. The van der Waals surface area contributed by atoms with E-state index in [9.17, 15) is 4.79 Å². The number of rotatable bonds is 3. The van der Waals surface area contributed by atoms with Crippen LogP contribution in [0.25, 0.3) is 0 Å². The lowest BCUT2D eigenvalue weighted by Crippen LogP contribution is -2.41. The molecule has 0 aromatic heterocycles. The molecule has 3 rings (SSSR count). The Balaban J connectivity index is 0.00000176. The van der Waals surface area contributed by atoms with E-state index in [2.05, 4.69) is 29.9 Å². The van der Waals surface area contributed by atoms with Crippen LogP contribution in [0, 0.1) is 11.8 Å². The monoisotopic (exact) mass is 324 g/mol. The molecule has 4 N–H and O–H groups in total. The number of carbonyl (C=O) groups excluding carboxylic acids is 1. The summed E-state index contributed by atoms with van der Waals surface area (Å²) in [6, 6.07) is 10.5. The van der Waals surface area contributed by atoms with Crippen LogP contribution in [-0.2, 0) is 4.79 Å². The number of nitrogens with zero attached hydrogens (tertiary/aromatic N) is 1. The molecule has 2 fully saturated rings. The van der Waals surface area contributed by atoms with Gasteiger partial charge in [0.1, 0.15) is 0 Å². The first-order valence-electron chi connectivity index (χ1n) is 7.74. The van der Waals surface area contributed by atoms with Gasteiger partial charge in [0.2, 0.25) is 5.91 Å². The summed E-state index contributed by atoms with van der Waals surface area (Å²) in [7, 11) is 0. The summed E-state index contributed by atoms with van der Waals surface area (Å²) in [5.41, 5.74) is 13.3. The fourth-order valence-electron chi connectivity index (χ4n) is 3.54. The van der Waals surface area contributed by atoms with E-state index in [4.69, 9.17) is 5.73 Å². The summed E-state index contributed by atoms with van der Waals surface area (Å²) in [4.78, 5) is 14.9. The fourth-order valence-corrected chi connectivity index (χ4v) is 3.54. The zero-order chi connectivity index (χ0) is 14.8. The van der Waals surface area contributed by atoms with Crippen LogP contribution in [0.15, 0.2) is 30.3 Å². The van der Waals surface area contributed by atoms with Gasteiger partial charge in [-0.15, -0.1) is 12.4 Å². The molecule has 2 aliphatic rings. The van der Waals surface area contributed by atoms with Gasteiger partial charge in [0.25, 0.3) is 0 Å². The first-order valence-corrected chi connectivity index (χ1v) is 7.74. The minimum atomic E-state index is -0.0497. The summed E-state index contributed by atoms with van der Waals surface area (Å²) < 4.78 is 0. The number of nitrogens with one attached hydrogen (secondary N) is 2. The van der Waals surface area contributed by atoms with E-state index >= 15 is 0 Å². The molecule has 2 heterocycles. The summed E-state index contributed by atoms with van der Waals surface area (Å²) in [5.74, 6) is 0.637. The Morgan fingerprint density at radius 2 is 2.09 bits per heavy atom. The first kappa shape index (κ1) is 17.2. The number of halogens is 1. The van der Waals surface area contributed by atoms with Gasteiger partial charge in [-0.05, 0) is 31.4 Å². The highest BCUT2D eigenvalue weighted by Gasteiger charge is 2.40. The average molecular weight is 325 g/mol. The van der Waals surface area contributed by atoms with Crippen LogP contribution in [0.1, 0.15) is 24.9 Å². The van der Waals surface area contributed by atoms with Gasteiger partial charge in [-0.25, -0.2) is 5.43 Å². The zero-order valence-electron chi connectivity index (χ0n) is 12.9. The number of hydrogen-bond donors (Lipinski definition) is 3. The van der Waals surface area contributed by atoms with Crippen molar-refractivity contribution >= 4 is 18.3 Å². The quantitative estimate of drug-likeness (QED) is 0.778. The Morgan fingerprint density at radius 1 is 1.36 bits per heavy atom. The SMILES string of the molecule is CC1CC(CN)CN1C(=O)C1CNNC1c1ccccc1.Cl. The van der Waals surface area contributed by atoms with Crippen LogP contribution in [0.3, 0.4) is 0 Å². The smallest absolute Gasteiger partial charge is 0.229 e. The van der Waals surface area contributed by atoms with Crippen molar-refractivity contribution in [1.29, 1.82) is 0 Å². The van der Waals surface area contributed by atoms with Crippen LogP contribution in [0.2, 0.25) is 0 Å². The van der Waals surface area contributed by atoms with E-state index in [1.54, 1.807) is 0 Å². The second kappa shape index (κ2) is 7.42. The second-order valence-electron chi connectivity index (χ2n) is 6.20. The summed E-state index contributed by atoms with van der Waals surface area (Å²) in [6.07, 6.45) is 1.02. The molecular formula is C16H25ClN4O. The highest BCUT2D eigenvalue weighted by Crippen LogP contribution is 2.30. The van der Waals surface area contributed by atoms with Gasteiger partial charge < -0.3 is 10.6 Å². The molecule has 0 spiro atoms. The molecule has 2 aliphatic heterocycles. The van der Waals surface area contributed by atoms with Crippen molar-refractivity contribution in [3.63, 3.8) is 0 Å². The van der Waals surface area contributed by atoms with Crippen molar-refractivity contribution in [2.75, 3.05) is 19.6 Å². The molecular weight excluding hydrogens is 300 g/mol. The Kier molecular flexibility index (Phi) is 5.81.